The van der Waals surface area contributed by atoms with Crippen molar-refractivity contribution in [2.75, 3.05) is 6.54 Å². The Morgan fingerprint density at radius 3 is 2.67 bits per heavy atom. The molecule has 0 atom stereocenters. The highest BCUT2D eigenvalue weighted by molar-refractivity contribution is 7.12. The summed E-state index contributed by atoms with van der Waals surface area (Å²) >= 11 is 0.936. The third-order valence-electron chi connectivity index (χ3n) is 1.76. The van der Waals surface area contributed by atoms with Crippen molar-refractivity contribution in [2.24, 2.45) is 0 Å². The molecule has 0 unspecified atom stereocenters. The number of amides is 1. The minimum atomic E-state index is -4.48. The SMILES string of the molecule is O=C(O)C=Cc1ccsc1C(=O)NCC(F)(F)F. The molecule has 0 saturated carbocycles. The van der Waals surface area contributed by atoms with Crippen molar-refractivity contribution in [3.63, 3.8) is 0 Å². The summed E-state index contributed by atoms with van der Waals surface area (Å²) in [5.41, 5.74) is 0.266. The van der Waals surface area contributed by atoms with Gasteiger partial charge in [0.1, 0.15) is 6.54 Å². The summed E-state index contributed by atoms with van der Waals surface area (Å²) in [7, 11) is 0. The van der Waals surface area contributed by atoms with Crippen molar-refractivity contribution >= 4 is 29.3 Å². The normalized spacial score (nSPS) is 11.7. The molecule has 2 N–H and O–H groups in total. The number of halogens is 3. The van der Waals surface area contributed by atoms with Gasteiger partial charge >= 0.3 is 12.1 Å². The molecule has 0 fully saturated rings. The number of nitrogens with one attached hydrogen (secondary N) is 1. The predicted molar refractivity (Wildman–Crippen MR) is 59.4 cm³/mol. The van der Waals surface area contributed by atoms with Crippen LogP contribution in [0, 0.1) is 0 Å². The van der Waals surface area contributed by atoms with E-state index in [9.17, 15) is 22.8 Å². The number of carbonyl (C=O) groups is 2. The van der Waals surface area contributed by atoms with Crippen LogP contribution >= 0.6 is 11.3 Å². The Bertz CT molecular complexity index is 479. The maximum Gasteiger partial charge on any atom is 0.405 e. The van der Waals surface area contributed by atoms with E-state index in [0.717, 1.165) is 23.5 Å². The fourth-order valence-electron chi connectivity index (χ4n) is 1.06. The Hall–Kier alpha value is -1.83. The Kier molecular flexibility index (Phi) is 4.49. The van der Waals surface area contributed by atoms with Crippen LogP contribution in [0.2, 0.25) is 0 Å². The van der Waals surface area contributed by atoms with Gasteiger partial charge in [0.15, 0.2) is 0 Å². The van der Waals surface area contributed by atoms with E-state index in [2.05, 4.69) is 0 Å². The highest BCUT2D eigenvalue weighted by atomic mass is 32.1. The number of carboxylic acids is 1. The maximum absolute atomic E-state index is 11.9. The van der Waals surface area contributed by atoms with Gasteiger partial charge in [-0.3, -0.25) is 4.79 Å². The van der Waals surface area contributed by atoms with Gasteiger partial charge in [-0.1, -0.05) is 0 Å². The monoisotopic (exact) mass is 279 g/mol. The van der Waals surface area contributed by atoms with Crippen LogP contribution < -0.4 is 5.32 Å². The molecule has 1 aromatic rings. The van der Waals surface area contributed by atoms with E-state index in [4.69, 9.17) is 5.11 Å². The van der Waals surface area contributed by atoms with Crippen molar-refractivity contribution in [3.05, 3.63) is 28.0 Å². The van der Waals surface area contributed by atoms with Crippen LogP contribution in [0.25, 0.3) is 6.08 Å². The highest BCUT2D eigenvalue weighted by Crippen LogP contribution is 2.19. The van der Waals surface area contributed by atoms with Crippen LogP contribution in [0.3, 0.4) is 0 Å². The minimum Gasteiger partial charge on any atom is -0.478 e. The van der Waals surface area contributed by atoms with Gasteiger partial charge in [-0.05, 0) is 23.1 Å². The molecule has 1 amide bonds. The molecule has 1 rings (SSSR count). The third-order valence-corrected chi connectivity index (χ3v) is 2.69. The van der Waals surface area contributed by atoms with Gasteiger partial charge in [-0.25, -0.2) is 4.79 Å². The van der Waals surface area contributed by atoms with E-state index in [0.29, 0.717) is 0 Å². The third kappa shape index (κ3) is 4.58. The van der Waals surface area contributed by atoms with Gasteiger partial charge < -0.3 is 10.4 Å². The fourth-order valence-corrected chi connectivity index (χ4v) is 1.86. The summed E-state index contributed by atoms with van der Waals surface area (Å²) in [5, 5.41) is 11.6. The first-order valence-corrected chi connectivity index (χ1v) is 5.51. The number of aliphatic carboxylic acids is 1. The quantitative estimate of drug-likeness (QED) is 0.830. The number of hydrogen-bond acceptors (Lipinski definition) is 3. The van der Waals surface area contributed by atoms with E-state index >= 15 is 0 Å². The first-order valence-electron chi connectivity index (χ1n) is 4.63. The molecule has 1 heterocycles. The molecule has 8 heteroatoms. The van der Waals surface area contributed by atoms with Crippen molar-refractivity contribution in [3.8, 4) is 0 Å². The molecule has 0 aromatic carbocycles. The number of hydrogen-bond donors (Lipinski definition) is 2. The molecule has 4 nitrogen and oxygen atoms in total. The van der Waals surface area contributed by atoms with Crippen molar-refractivity contribution in [1.29, 1.82) is 0 Å². The molecule has 0 aliphatic heterocycles. The standard InChI is InChI=1S/C10H8F3NO3S/c11-10(12,13)5-14-9(17)8-6(3-4-18-8)1-2-7(15)16/h1-4H,5H2,(H,14,17)(H,15,16). The fraction of sp³-hybridized carbons (Fsp3) is 0.200. The van der Waals surface area contributed by atoms with Crippen LogP contribution in [0.1, 0.15) is 15.2 Å². The zero-order valence-corrected chi connectivity index (χ0v) is 9.64. The topological polar surface area (TPSA) is 66.4 Å². The molecule has 0 saturated heterocycles. The summed E-state index contributed by atoms with van der Waals surface area (Å²) in [6.45, 7) is -1.42. The predicted octanol–water partition coefficient (Wildman–Crippen LogP) is 2.14. The lowest BCUT2D eigenvalue weighted by Gasteiger charge is -2.07. The van der Waals surface area contributed by atoms with Crippen LogP contribution in [0.15, 0.2) is 17.5 Å². The van der Waals surface area contributed by atoms with Crippen molar-refractivity contribution < 1.29 is 27.9 Å². The summed E-state index contributed by atoms with van der Waals surface area (Å²) in [6, 6.07) is 1.45. The summed E-state index contributed by atoms with van der Waals surface area (Å²) in [5.74, 6) is -2.09. The lowest BCUT2D eigenvalue weighted by Crippen LogP contribution is -2.33. The summed E-state index contributed by atoms with van der Waals surface area (Å²) in [6.07, 6.45) is -2.52. The Morgan fingerprint density at radius 2 is 2.11 bits per heavy atom. The van der Waals surface area contributed by atoms with E-state index in [1.54, 1.807) is 5.32 Å². The molecule has 0 radical (unpaired) electrons. The summed E-state index contributed by atoms with van der Waals surface area (Å²) in [4.78, 5) is 21.8. The van der Waals surface area contributed by atoms with Gasteiger partial charge in [0.25, 0.3) is 5.91 Å². The van der Waals surface area contributed by atoms with Crippen LogP contribution in [0.4, 0.5) is 13.2 Å². The molecule has 0 aliphatic rings. The zero-order chi connectivity index (χ0) is 13.8. The number of rotatable bonds is 4. The van der Waals surface area contributed by atoms with Gasteiger partial charge in [0.05, 0.1) is 4.88 Å². The van der Waals surface area contributed by atoms with Crippen LogP contribution in [-0.4, -0.2) is 29.7 Å². The van der Waals surface area contributed by atoms with E-state index in [1.165, 1.54) is 11.4 Å². The van der Waals surface area contributed by atoms with Gasteiger partial charge in [0, 0.05) is 6.08 Å². The van der Waals surface area contributed by atoms with Gasteiger partial charge in [-0.15, -0.1) is 11.3 Å². The second-order valence-corrected chi connectivity index (χ2v) is 4.09. The molecule has 1 aromatic heterocycles. The number of carboxylic acid groups (broad SMARTS) is 1. The smallest absolute Gasteiger partial charge is 0.405 e. The number of thiophene rings is 1. The molecule has 98 valence electrons. The van der Waals surface area contributed by atoms with Crippen LogP contribution in [-0.2, 0) is 4.79 Å². The first kappa shape index (κ1) is 14.2. The first-order chi connectivity index (χ1) is 8.29. The van der Waals surface area contributed by atoms with Crippen LogP contribution in [0.5, 0.6) is 0 Å². The molecular formula is C10H8F3NO3S. The number of alkyl halides is 3. The highest BCUT2D eigenvalue weighted by Gasteiger charge is 2.28. The maximum atomic E-state index is 11.9. The number of carbonyl (C=O) groups excluding carboxylic acids is 1. The van der Waals surface area contributed by atoms with E-state index < -0.39 is 24.6 Å². The van der Waals surface area contributed by atoms with Gasteiger partial charge in [0.2, 0.25) is 0 Å². The lowest BCUT2D eigenvalue weighted by atomic mass is 10.2. The van der Waals surface area contributed by atoms with Gasteiger partial charge in [-0.2, -0.15) is 13.2 Å². The Balaban J connectivity index is 2.75. The second-order valence-electron chi connectivity index (χ2n) is 3.17. The zero-order valence-electron chi connectivity index (χ0n) is 8.82. The molecule has 0 spiro atoms. The second kappa shape index (κ2) is 5.67. The Morgan fingerprint density at radius 1 is 1.44 bits per heavy atom. The average Bonchev–Trinajstić information content (AvgIpc) is 2.70. The van der Waals surface area contributed by atoms with E-state index in [1.807, 2.05) is 0 Å². The van der Waals surface area contributed by atoms with Crippen molar-refractivity contribution in [2.45, 2.75) is 6.18 Å². The van der Waals surface area contributed by atoms with Crippen molar-refractivity contribution in [1.82, 2.24) is 5.32 Å². The molecule has 0 bridgehead atoms. The lowest BCUT2D eigenvalue weighted by molar-refractivity contribution is -0.131. The summed E-state index contributed by atoms with van der Waals surface area (Å²) < 4.78 is 35.7. The molecule has 18 heavy (non-hydrogen) atoms. The average molecular weight is 279 g/mol. The Labute approximate surface area is 104 Å². The molecular weight excluding hydrogens is 271 g/mol. The van der Waals surface area contributed by atoms with E-state index in [-0.39, 0.29) is 10.4 Å². The largest absolute Gasteiger partial charge is 0.478 e. The molecule has 0 aliphatic carbocycles. The minimum absolute atomic E-state index is 0.0387.